The zero-order valence-corrected chi connectivity index (χ0v) is 14.0. The molecule has 0 aliphatic rings. The molecule has 0 fully saturated rings. The number of ether oxygens (including phenoxy) is 2. The second kappa shape index (κ2) is 8.01. The Morgan fingerprint density at radius 3 is 2.40 bits per heavy atom. The van der Waals surface area contributed by atoms with Crippen LogP contribution >= 0.6 is 0 Å². The molecule has 0 unspecified atom stereocenters. The summed E-state index contributed by atoms with van der Waals surface area (Å²) in [6.45, 7) is 0.715. The smallest absolute Gasteiger partial charge is 0.248 e. The van der Waals surface area contributed by atoms with Crippen LogP contribution in [-0.4, -0.2) is 23.6 Å². The molecule has 25 heavy (non-hydrogen) atoms. The molecule has 0 saturated heterocycles. The molecular weight excluding hydrogens is 316 g/mol. The minimum atomic E-state index is 0.322. The second-order valence-electron chi connectivity index (χ2n) is 5.38. The van der Waals surface area contributed by atoms with Crippen LogP contribution in [0.1, 0.15) is 5.56 Å². The quantitative estimate of drug-likeness (QED) is 0.687. The maximum Gasteiger partial charge on any atom is 0.248 e. The highest BCUT2D eigenvalue weighted by Gasteiger charge is 2.10. The molecule has 0 aliphatic heterocycles. The predicted octanol–water partition coefficient (Wildman–Crippen LogP) is 3.51. The summed E-state index contributed by atoms with van der Waals surface area (Å²) in [5, 5.41) is 3.23. The van der Waals surface area contributed by atoms with Crippen molar-refractivity contribution in [1.29, 1.82) is 0 Å². The summed E-state index contributed by atoms with van der Waals surface area (Å²) in [6, 6.07) is 17.4. The lowest BCUT2D eigenvalue weighted by molar-refractivity contribution is 0.412. The molecule has 6 heteroatoms. The van der Waals surface area contributed by atoms with E-state index in [1.165, 1.54) is 11.9 Å². The average molecular weight is 336 g/mol. The fraction of sp³-hybridized carbons (Fsp3) is 0.158. The SMILES string of the molecule is COc1ccc(Oc2ncnc(NCCc3ccccc3)c2N)cc1. The van der Waals surface area contributed by atoms with E-state index in [2.05, 4.69) is 27.4 Å². The Morgan fingerprint density at radius 2 is 1.68 bits per heavy atom. The van der Waals surface area contributed by atoms with Gasteiger partial charge in [0.25, 0.3) is 0 Å². The minimum absolute atomic E-state index is 0.322. The number of aromatic nitrogens is 2. The van der Waals surface area contributed by atoms with Gasteiger partial charge in [-0.05, 0) is 36.2 Å². The fourth-order valence-electron chi connectivity index (χ4n) is 2.33. The molecule has 0 aliphatic carbocycles. The highest BCUT2D eigenvalue weighted by Crippen LogP contribution is 2.29. The van der Waals surface area contributed by atoms with Crippen LogP contribution in [0.2, 0.25) is 0 Å². The Labute approximate surface area is 146 Å². The van der Waals surface area contributed by atoms with E-state index in [0.29, 0.717) is 29.7 Å². The van der Waals surface area contributed by atoms with Crippen LogP contribution in [0.5, 0.6) is 17.4 Å². The highest BCUT2D eigenvalue weighted by atomic mass is 16.5. The number of nitrogen functional groups attached to an aromatic ring is 1. The van der Waals surface area contributed by atoms with Crippen LogP contribution in [0, 0.1) is 0 Å². The van der Waals surface area contributed by atoms with Crippen molar-refractivity contribution in [3.63, 3.8) is 0 Å². The third-order valence-corrected chi connectivity index (χ3v) is 3.67. The molecule has 2 aromatic carbocycles. The zero-order valence-electron chi connectivity index (χ0n) is 14.0. The first kappa shape index (κ1) is 16.6. The molecule has 1 heterocycles. The van der Waals surface area contributed by atoms with Gasteiger partial charge in [-0.1, -0.05) is 30.3 Å². The lowest BCUT2D eigenvalue weighted by Gasteiger charge is -2.12. The molecule has 0 amide bonds. The van der Waals surface area contributed by atoms with Crippen molar-refractivity contribution >= 4 is 11.5 Å². The maximum absolute atomic E-state index is 6.13. The van der Waals surface area contributed by atoms with E-state index in [1.807, 2.05) is 30.3 Å². The largest absolute Gasteiger partial charge is 0.497 e. The number of hydrogen-bond donors (Lipinski definition) is 2. The Hall–Kier alpha value is -3.28. The summed E-state index contributed by atoms with van der Waals surface area (Å²) in [5.41, 5.74) is 7.76. The average Bonchev–Trinajstić information content (AvgIpc) is 2.66. The molecule has 3 aromatic rings. The van der Waals surface area contributed by atoms with Gasteiger partial charge in [0.15, 0.2) is 5.82 Å². The van der Waals surface area contributed by atoms with Gasteiger partial charge in [-0.15, -0.1) is 0 Å². The number of hydrogen-bond acceptors (Lipinski definition) is 6. The summed E-state index contributed by atoms with van der Waals surface area (Å²) in [6.07, 6.45) is 2.30. The molecule has 6 nitrogen and oxygen atoms in total. The number of nitrogens with one attached hydrogen (secondary N) is 1. The van der Waals surface area contributed by atoms with Gasteiger partial charge < -0.3 is 20.5 Å². The third-order valence-electron chi connectivity index (χ3n) is 3.67. The van der Waals surface area contributed by atoms with Gasteiger partial charge in [0.1, 0.15) is 23.5 Å². The summed E-state index contributed by atoms with van der Waals surface area (Å²) in [4.78, 5) is 8.31. The van der Waals surface area contributed by atoms with Crippen LogP contribution in [0.4, 0.5) is 11.5 Å². The first-order valence-corrected chi connectivity index (χ1v) is 7.96. The summed E-state index contributed by atoms with van der Waals surface area (Å²) >= 11 is 0. The van der Waals surface area contributed by atoms with Gasteiger partial charge in [-0.2, -0.15) is 4.98 Å². The number of rotatable bonds is 7. The Balaban J connectivity index is 1.64. The molecule has 0 atom stereocenters. The number of anilines is 2. The zero-order chi connectivity index (χ0) is 17.5. The van der Waals surface area contributed by atoms with E-state index in [0.717, 1.165) is 12.2 Å². The maximum atomic E-state index is 6.13. The third kappa shape index (κ3) is 4.38. The molecule has 1 aromatic heterocycles. The summed E-state index contributed by atoms with van der Waals surface area (Å²) < 4.78 is 10.9. The van der Waals surface area contributed by atoms with Crippen molar-refractivity contribution in [3.8, 4) is 17.4 Å². The van der Waals surface area contributed by atoms with Crippen LogP contribution in [0.25, 0.3) is 0 Å². The van der Waals surface area contributed by atoms with E-state index < -0.39 is 0 Å². The summed E-state index contributed by atoms with van der Waals surface area (Å²) in [5.74, 6) is 2.27. The molecule has 3 N–H and O–H groups in total. The second-order valence-corrected chi connectivity index (χ2v) is 5.38. The van der Waals surface area contributed by atoms with Gasteiger partial charge in [0.05, 0.1) is 7.11 Å². The molecule has 0 bridgehead atoms. The highest BCUT2D eigenvalue weighted by molar-refractivity contribution is 5.67. The Bertz CT molecular complexity index is 807. The molecule has 128 valence electrons. The van der Waals surface area contributed by atoms with Crippen LogP contribution < -0.4 is 20.5 Å². The standard InChI is InChI=1S/C19H20N4O2/c1-24-15-7-9-16(10-8-15)25-19-17(20)18(22-13-23-19)21-12-11-14-5-3-2-4-6-14/h2-10,13H,11-12,20H2,1H3,(H,21,22,23). The minimum Gasteiger partial charge on any atom is -0.497 e. The number of methoxy groups -OCH3 is 1. The van der Waals surface area contributed by atoms with Crippen molar-refractivity contribution < 1.29 is 9.47 Å². The first-order valence-electron chi connectivity index (χ1n) is 7.96. The van der Waals surface area contributed by atoms with E-state index in [1.54, 1.807) is 19.2 Å². The normalized spacial score (nSPS) is 10.3. The van der Waals surface area contributed by atoms with Crippen LogP contribution in [0.3, 0.4) is 0 Å². The summed E-state index contributed by atoms with van der Waals surface area (Å²) in [7, 11) is 1.62. The molecule has 0 saturated carbocycles. The van der Waals surface area contributed by atoms with Crippen molar-refractivity contribution in [2.24, 2.45) is 0 Å². The fourth-order valence-corrected chi connectivity index (χ4v) is 2.33. The van der Waals surface area contributed by atoms with E-state index >= 15 is 0 Å². The molecule has 0 spiro atoms. The van der Waals surface area contributed by atoms with Crippen molar-refractivity contribution in [3.05, 3.63) is 66.5 Å². The first-order chi connectivity index (χ1) is 12.3. The Morgan fingerprint density at radius 1 is 0.960 bits per heavy atom. The monoisotopic (exact) mass is 336 g/mol. The van der Waals surface area contributed by atoms with Crippen molar-refractivity contribution in [2.45, 2.75) is 6.42 Å². The van der Waals surface area contributed by atoms with Crippen LogP contribution in [-0.2, 0) is 6.42 Å². The van der Waals surface area contributed by atoms with Gasteiger partial charge >= 0.3 is 0 Å². The van der Waals surface area contributed by atoms with Crippen LogP contribution in [0.15, 0.2) is 60.9 Å². The Kier molecular flexibility index (Phi) is 5.31. The topological polar surface area (TPSA) is 82.3 Å². The lowest BCUT2D eigenvalue weighted by atomic mass is 10.1. The lowest BCUT2D eigenvalue weighted by Crippen LogP contribution is -2.09. The van der Waals surface area contributed by atoms with Gasteiger partial charge in [0, 0.05) is 6.54 Å². The van der Waals surface area contributed by atoms with Crippen molar-refractivity contribution in [2.75, 3.05) is 24.7 Å². The molecule has 3 rings (SSSR count). The van der Waals surface area contributed by atoms with Gasteiger partial charge in [-0.25, -0.2) is 4.98 Å². The molecular formula is C19H20N4O2. The molecule has 0 radical (unpaired) electrons. The van der Waals surface area contributed by atoms with E-state index in [-0.39, 0.29) is 0 Å². The predicted molar refractivity (Wildman–Crippen MR) is 98.1 cm³/mol. The number of nitrogens with zero attached hydrogens (tertiary/aromatic N) is 2. The number of nitrogens with two attached hydrogens (primary N) is 1. The van der Waals surface area contributed by atoms with Crippen molar-refractivity contribution in [1.82, 2.24) is 9.97 Å². The van der Waals surface area contributed by atoms with Gasteiger partial charge in [0.2, 0.25) is 5.88 Å². The van der Waals surface area contributed by atoms with E-state index in [4.69, 9.17) is 15.2 Å². The number of benzene rings is 2. The van der Waals surface area contributed by atoms with Gasteiger partial charge in [-0.3, -0.25) is 0 Å². The van der Waals surface area contributed by atoms with E-state index in [9.17, 15) is 0 Å².